The molecule has 8 heavy (non-hydrogen) atoms. The molecule has 0 aliphatic heterocycles. The number of rotatable bonds is 0. The van der Waals surface area contributed by atoms with E-state index in [-0.39, 0.29) is 0 Å². The zero-order valence-electron chi connectivity index (χ0n) is 5.52. The molecular weight excluding hydrogens is 164 g/mol. The molecule has 1 fully saturated rings. The lowest BCUT2D eigenvalue weighted by atomic mass is 10.0. The van der Waals surface area contributed by atoms with Crippen LogP contribution in [0.25, 0.3) is 0 Å². The highest BCUT2D eigenvalue weighted by molar-refractivity contribution is 9.09. The van der Waals surface area contributed by atoms with Crippen LogP contribution >= 0.6 is 15.9 Å². The lowest BCUT2D eigenvalue weighted by Crippen LogP contribution is -1.95. The minimum absolute atomic E-state index is 0.812. The maximum atomic E-state index is 3.62. The summed E-state index contributed by atoms with van der Waals surface area (Å²) in [5, 5.41) is 0. The van der Waals surface area contributed by atoms with E-state index in [9.17, 15) is 0 Å². The van der Waals surface area contributed by atoms with E-state index in [1.54, 1.807) is 0 Å². The normalized spacial score (nSPS) is 40.9. The first kappa shape index (κ1) is 6.60. The van der Waals surface area contributed by atoms with E-state index in [1.165, 1.54) is 12.8 Å². The third-order valence-electron chi connectivity index (χ3n) is 2.23. The zero-order valence-corrected chi connectivity index (χ0v) is 7.11. The number of hydrogen-bond donors (Lipinski definition) is 0. The molecule has 0 saturated heterocycles. The minimum Gasteiger partial charge on any atom is -0.0890 e. The van der Waals surface area contributed by atoms with Gasteiger partial charge in [-0.15, -0.1) is 0 Å². The maximum absolute atomic E-state index is 3.62. The van der Waals surface area contributed by atoms with Crippen LogP contribution < -0.4 is 0 Å². The number of hydrogen-bond acceptors (Lipinski definition) is 0. The SMILES string of the molecule is C[C@H]1CC(Br)C[C@@H]1C. The van der Waals surface area contributed by atoms with E-state index in [0.29, 0.717) is 0 Å². The molecule has 0 N–H and O–H groups in total. The van der Waals surface area contributed by atoms with Crippen molar-refractivity contribution in [2.75, 3.05) is 0 Å². The van der Waals surface area contributed by atoms with Gasteiger partial charge in [0.2, 0.25) is 0 Å². The minimum atomic E-state index is 0.812. The largest absolute Gasteiger partial charge is 0.0890 e. The van der Waals surface area contributed by atoms with Gasteiger partial charge in [-0.25, -0.2) is 0 Å². The van der Waals surface area contributed by atoms with Crippen molar-refractivity contribution in [3.8, 4) is 0 Å². The average Bonchev–Trinajstić information content (AvgIpc) is 1.85. The van der Waals surface area contributed by atoms with Crippen LogP contribution in [-0.4, -0.2) is 4.83 Å². The van der Waals surface area contributed by atoms with Crippen molar-refractivity contribution in [2.45, 2.75) is 31.5 Å². The highest BCUT2D eigenvalue weighted by atomic mass is 79.9. The lowest BCUT2D eigenvalue weighted by Gasteiger charge is -2.04. The van der Waals surface area contributed by atoms with Crippen LogP contribution in [0.3, 0.4) is 0 Å². The summed E-state index contributed by atoms with van der Waals surface area (Å²) >= 11 is 3.62. The number of halogens is 1. The maximum Gasteiger partial charge on any atom is 0.0151 e. The second kappa shape index (κ2) is 2.38. The van der Waals surface area contributed by atoms with Crippen molar-refractivity contribution in [3.63, 3.8) is 0 Å². The van der Waals surface area contributed by atoms with E-state index in [1.807, 2.05) is 0 Å². The lowest BCUT2D eigenvalue weighted by molar-refractivity contribution is 0.457. The highest BCUT2D eigenvalue weighted by Gasteiger charge is 2.25. The van der Waals surface area contributed by atoms with Gasteiger partial charge < -0.3 is 0 Å². The molecule has 0 radical (unpaired) electrons. The van der Waals surface area contributed by atoms with Crippen LogP contribution in [-0.2, 0) is 0 Å². The zero-order chi connectivity index (χ0) is 6.15. The fraction of sp³-hybridized carbons (Fsp3) is 1.00. The quantitative estimate of drug-likeness (QED) is 0.499. The fourth-order valence-corrected chi connectivity index (χ4v) is 2.55. The first-order chi connectivity index (χ1) is 3.70. The van der Waals surface area contributed by atoms with Crippen LogP contribution in [0.4, 0.5) is 0 Å². The van der Waals surface area contributed by atoms with Crippen molar-refractivity contribution in [2.24, 2.45) is 11.8 Å². The van der Waals surface area contributed by atoms with Gasteiger partial charge in [-0.05, 0) is 24.7 Å². The fourth-order valence-electron chi connectivity index (χ4n) is 1.37. The van der Waals surface area contributed by atoms with Gasteiger partial charge in [0, 0.05) is 4.83 Å². The molecule has 1 aliphatic carbocycles. The van der Waals surface area contributed by atoms with Gasteiger partial charge in [0.1, 0.15) is 0 Å². The molecule has 0 aromatic rings. The summed E-state index contributed by atoms with van der Waals surface area (Å²) in [4.78, 5) is 0.812. The van der Waals surface area contributed by atoms with Gasteiger partial charge in [0.25, 0.3) is 0 Å². The van der Waals surface area contributed by atoms with E-state index in [0.717, 1.165) is 16.7 Å². The van der Waals surface area contributed by atoms with Crippen molar-refractivity contribution >= 4 is 15.9 Å². The van der Waals surface area contributed by atoms with Crippen LogP contribution in [0.15, 0.2) is 0 Å². The van der Waals surface area contributed by atoms with E-state index in [4.69, 9.17) is 0 Å². The van der Waals surface area contributed by atoms with Gasteiger partial charge in [-0.1, -0.05) is 29.8 Å². The summed E-state index contributed by atoms with van der Waals surface area (Å²) in [6, 6.07) is 0. The Labute approximate surface area is 59.8 Å². The molecule has 0 spiro atoms. The summed E-state index contributed by atoms with van der Waals surface area (Å²) in [6.07, 6.45) is 2.75. The molecule has 0 heterocycles. The van der Waals surface area contributed by atoms with Gasteiger partial charge >= 0.3 is 0 Å². The second-order valence-corrected chi connectivity index (χ2v) is 4.32. The van der Waals surface area contributed by atoms with Crippen LogP contribution in [0, 0.1) is 11.8 Å². The summed E-state index contributed by atoms with van der Waals surface area (Å²) in [5.74, 6) is 1.89. The molecule has 0 bridgehead atoms. The van der Waals surface area contributed by atoms with Gasteiger partial charge in [0.15, 0.2) is 0 Å². The van der Waals surface area contributed by atoms with Crippen LogP contribution in [0.5, 0.6) is 0 Å². The predicted octanol–water partition coefficient (Wildman–Crippen LogP) is 2.82. The first-order valence-electron chi connectivity index (χ1n) is 3.34. The van der Waals surface area contributed by atoms with Gasteiger partial charge in [-0.3, -0.25) is 0 Å². The Bertz CT molecular complexity index is 70.5. The molecule has 1 saturated carbocycles. The third kappa shape index (κ3) is 1.25. The second-order valence-electron chi connectivity index (χ2n) is 3.02. The Kier molecular flexibility index (Phi) is 1.97. The molecule has 0 unspecified atom stereocenters. The van der Waals surface area contributed by atoms with Crippen LogP contribution in [0.1, 0.15) is 26.7 Å². The summed E-state index contributed by atoms with van der Waals surface area (Å²) in [5.41, 5.74) is 0. The molecular formula is C7H13Br. The Balaban J connectivity index is 2.39. The third-order valence-corrected chi connectivity index (χ3v) is 2.97. The summed E-state index contributed by atoms with van der Waals surface area (Å²) < 4.78 is 0. The monoisotopic (exact) mass is 176 g/mol. The molecule has 0 amide bonds. The van der Waals surface area contributed by atoms with Crippen molar-refractivity contribution in [1.29, 1.82) is 0 Å². The Morgan fingerprint density at radius 1 is 1.12 bits per heavy atom. The molecule has 2 atom stereocenters. The predicted molar refractivity (Wildman–Crippen MR) is 40.3 cm³/mol. The van der Waals surface area contributed by atoms with Crippen molar-refractivity contribution in [1.82, 2.24) is 0 Å². The number of alkyl halides is 1. The Morgan fingerprint density at radius 2 is 1.50 bits per heavy atom. The topological polar surface area (TPSA) is 0 Å². The van der Waals surface area contributed by atoms with E-state index >= 15 is 0 Å². The molecule has 0 aromatic carbocycles. The van der Waals surface area contributed by atoms with E-state index < -0.39 is 0 Å². The molecule has 0 nitrogen and oxygen atoms in total. The first-order valence-corrected chi connectivity index (χ1v) is 4.25. The van der Waals surface area contributed by atoms with Crippen molar-refractivity contribution in [3.05, 3.63) is 0 Å². The van der Waals surface area contributed by atoms with Crippen molar-refractivity contribution < 1.29 is 0 Å². The van der Waals surface area contributed by atoms with E-state index in [2.05, 4.69) is 29.8 Å². The van der Waals surface area contributed by atoms with Gasteiger partial charge in [-0.2, -0.15) is 0 Å². The highest BCUT2D eigenvalue weighted by Crippen LogP contribution is 2.34. The smallest absolute Gasteiger partial charge is 0.0151 e. The molecule has 1 rings (SSSR count). The molecule has 1 aliphatic rings. The Hall–Kier alpha value is 0.480. The van der Waals surface area contributed by atoms with Crippen LogP contribution in [0.2, 0.25) is 0 Å². The van der Waals surface area contributed by atoms with Gasteiger partial charge in [0.05, 0.1) is 0 Å². The average molecular weight is 177 g/mol. The molecule has 48 valence electrons. The molecule has 0 aromatic heterocycles. The standard InChI is InChI=1S/C7H13Br/c1-5-3-7(8)4-6(5)2/h5-7H,3-4H2,1-2H3/t5-,6-/m0/s1. The Morgan fingerprint density at radius 3 is 1.62 bits per heavy atom. The summed E-state index contributed by atoms with van der Waals surface area (Å²) in [7, 11) is 0. The summed E-state index contributed by atoms with van der Waals surface area (Å²) in [6.45, 7) is 4.68. The molecule has 1 heteroatoms.